The molecule has 6 heteroatoms. The molecule has 0 aromatic carbocycles. The molecule has 1 unspecified atom stereocenters. The van der Waals surface area contributed by atoms with E-state index in [1.165, 1.54) is 13.3 Å². The summed E-state index contributed by atoms with van der Waals surface area (Å²) in [5.41, 5.74) is 0. The average Bonchev–Trinajstić information content (AvgIpc) is 2.47. The monoisotopic (exact) mass is 185 g/mol. The molecule has 0 radical (unpaired) electrons. The standard InChI is InChI=1S/C7H11N3O3/c1-5(7(11)12)13-3-6-9-8-4-10(6)2/h4-5H,3H2,1-2H3,(H,11,12). The summed E-state index contributed by atoms with van der Waals surface area (Å²) >= 11 is 0. The van der Waals surface area contributed by atoms with Crippen LogP contribution in [-0.4, -0.2) is 31.9 Å². The van der Waals surface area contributed by atoms with E-state index in [0.717, 1.165) is 0 Å². The zero-order chi connectivity index (χ0) is 9.84. The first-order valence-corrected chi connectivity index (χ1v) is 3.78. The van der Waals surface area contributed by atoms with Crippen LogP contribution in [0.4, 0.5) is 0 Å². The van der Waals surface area contributed by atoms with Crippen molar-refractivity contribution in [2.45, 2.75) is 19.6 Å². The SMILES string of the molecule is CC(OCc1nncn1C)C(=O)O. The molecule has 0 aliphatic carbocycles. The third-order valence-corrected chi connectivity index (χ3v) is 1.62. The number of aromatic nitrogens is 3. The molecule has 0 saturated carbocycles. The maximum atomic E-state index is 10.4. The van der Waals surface area contributed by atoms with E-state index in [4.69, 9.17) is 9.84 Å². The second-order valence-corrected chi connectivity index (χ2v) is 2.65. The lowest BCUT2D eigenvalue weighted by molar-refractivity contribution is -0.150. The summed E-state index contributed by atoms with van der Waals surface area (Å²) in [6.07, 6.45) is 0.709. The van der Waals surface area contributed by atoms with Crippen molar-refractivity contribution in [2.24, 2.45) is 7.05 Å². The van der Waals surface area contributed by atoms with Gasteiger partial charge >= 0.3 is 5.97 Å². The van der Waals surface area contributed by atoms with Crippen LogP contribution >= 0.6 is 0 Å². The largest absolute Gasteiger partial charge is 0.479 e. The number of ether oxygens (including phenoxy) is 1. The summed E-state index contributed by atoms with van der Waals surface area (Å²) in [6, 6.07) is 0. The van der Waals surface area contributed by atoms with Crippen molar-refractivity contribution >= 4 is 5.97 Å². The zero-order valence-electron chi connectivity index (χ0n) is 7.47. The normalized spacial score (nSPS) is 12.8. The Labute approximate surface area is 75.2 Å². The highest BCUT2D eigenvalue weighted by Gasteiger charge is 2.12. The second kappa shape index (κ2) is 3.99. The van der Waals surface area contributed by atoms with Crippen LogP contribution in [0.25, 0.3) is 0 Å². The minimum Gasteiger partial charge on any atom is -0.479 e. The minimum atomic E-state index is -0.984. The fraction of sp³-hybridized carbons (Fsp3) is 0.571. The lowest BCUT2D eigenvalue weighted by atomic mass is 10.4. The number of carbonyl (C=O) groups is 1. The summed E-state index contributed by atoms with van der Waals surface area (Å²) in [5.74, 6) is -0.379. The lowest BCUT2D eigenvalue weighted by Crippen LogP contribution is -2.20. The Morgan fingerprint density at radius 2 is 2.54 bits per heavy atom. The number of carboxylic acids is 1. The molecule has 72 valence electrons. The molecule has 1 N–H and O–H groups in total. The maximum absolute atomic E-state index is 10.4. The molecule has 1 rings (SSSR count). The highest BCUT2D eigenvalue weighted by atomic mass is 16.5. The number of hydrogen-bond acceptors (Lipinski definition) is 4. The third kappa shape index (κ3) is 2.51. The van der Waals surface area contributed by atoms with Gasteiger partial charge in [-0.15, -0.1) is 10.2 Å². The van der Waals surface area contributed by atoms with Crippen molar-refractivity contribution in [3.8, 4) is 0 Å². The molecule has 13 heavy (non-hydrogen) atoms. The van der Waals surface area contributed by atoms with Crippen molar-refractivity contribution in [2.75, 3.05) is 0 Å². The van der Waals surface area contributed by atoms with E-state index in [1.807, 2.05) is 0 Å². The third-order valence-electron chi connectivity index (χ3n) is 1.62. The van der Waals surface area contributed by atoms with Gasteiger partial charge in [-0.1, -0.05) is 0 Å². The Hall–Kier alpha value is -1.43. The first-order valence-electron chi connectivity index (χ1n) is 3.78. The molecule has 1 atom stereocenters. The molecule has 0 aliphatic rings. The summed E-state index contributed by atoms with van der Waals surface area (Å²) in [7, 11) is 1.77. The van der Waals surface area contributed by atoms with Crippen molar-refractivity contribution in [3.63, 3.8) is 0 Å². The van der Waals surface area contributed by atoms with Crippen LogP contribution in [0.5, 0.6) is 0 Å². The van der Waals surface area contributed by atoms with Crippen LogP contribution in [-0.2, 0) is 23.2 Å². The topological polar surface area (TPSA) is 77.2 Å². The molecule has 1 heterocycles. The predicted molar refractivity (Wildman–Crippen MR) is 42.9 cm³/mol. The Morgan fingerprint density at radius 3 is 3.00 bits per heavy atom. The summed E-state index contributed by atoms with van der Waals surface area (Å²) in [6.45, 7) is 1.63. The summed E-state index contributed by atoms with van der Waals surface area (Å²) in [4.78, 5) is 10.4. The smallest absolute Gasteiger partial charge is 0.332 e. The van der Waals surface area contributed by atoms with E-state index in [-0.39, 0.29) is 6.61 Å². The van der Waals surface area contributed by atoms with Gasteiger partial charge in [-0.05, 0) is 6.92 Å². The van der Waals surface area contributed by atoms with E-state index in [1.54, 1.807) is 11.6 Å². The van der Waals surface area contributed by atoms with Crippen LogP contribution in [0.2, 0.25) is 0 Å². The van der Waals surface area contributed by atoms with E-state index in [0.29, 0.717) is 5.82 Å². The maximum Gasteiger partial charge on any atom is 0.332 e. The van der Waals surface area contributed by atoms with Gasteiger partial charge < -0.3 is 14.4 Å². The predicted octanol–water partition coefficient (Wildman–Crippen LogP) is -0.195. The minimum absolute atomic E-state index is 0.157. The average molecular weight is 185 g/mol. The number of carboxylic acid groups (broad SMARTS) is 1. The van der Waals surface area contributed by atoms with Gasteiger partial charge in [0.15, 0.2) is 11.9 Å². The van der Waals surface area contributed by atoms with Gasteiger partial charge in [-0.3, -0.25) is 0 Å². The highest BCUT2D eigenvalue weighted by molar-refractivity contribution is 5.71. The summed E-state index contributed by atoms with van der Waals surface area (Å²) < 4.78 is 6.68. The molecule has 6 nitrogen and oxygen atoms in total. The number of nitrogens with zero attached hydrogens (tertiary/aromatic N) is 3. The van der Waals surface area contributed by atoms with E-state index < -0.39 is 12.1 Å². The number of rotatable bonds is 4. The molecule has 0 saturated heterocycles. The van der Waals surface area contributed by atoms with Gasteiger partial charge in [0, 0.05) is 7.05 Å². The Bertz CT molecular complexity index is 297. The Morgan fingerprint density at radius 1 is 1.85 bits per heavy atom. The molecule has 1 aromatic rings. The molecule has 0 fully saturated rings. The molecule has 0 spiro atoms. The highest BCUT2D eigenvalue weighted by Crippen LogP contribution is 1.98. The van der Waals surface area contributed by atoms with Crippen molar-refractivity contribution < 1.29 is 14.6 Å². The van der Waals surface area contributed by atoms with Crippen LogP contribution in [0.3, 0.4) is 0 Å². The van der Waals surface area contributed by atoms with Crippen LogP contribution < -0.4 is 0 Å². The molecule has 0 bridgehead atoms. The zero-order valence-corrected chi connectivity index (χ0v) is 7.47. The fourth-order valence-electron chi connectivity index (χ4n) is 0.709. The van der Waals surface area contributed by atoms with E-state index in [2.05, 4.69) is 10.2 Å². The molecule has 0 aliphatic heterocycles. The van der Waals surface area contributed by atoms with Gasteiger partial charge in [0.25, 0.3) is 0 Å². The van der Waals surface area contributed by atoms with Gasteiger partial charge in [-0.25, -0.2) is 4.79 Å². The van der Waals surface area contributed by atoms with Crippen molar-refractivity contribution in [3.05, 3.63) is 12.2 Å². The Balaban J connectivity index is 2.44. The second-order valence-electron chi connectivity index (χ2n) is 2.65. The van der Waals surface area contributed by atoms with Crippen LogP contribution in [0, 0.1) is 0 Å². The van der Waals surface area contributed by atoms with Gasteiger partial charge in [0.2, 0.25) is 0 Å². The molecular formula is C7H11N3O3. The number of hydrogen-bond donors (Lipinski definition) is 1. The lowest BCUT2D eigenvalue weighted by Gasteiger charge is -2.06. The van der Waals surface area contributed by atoms with Gasteiger partial charge in [0.05, 0.1) is 0 Å². The van der Waals surface area contributed by atoms with Crippen LogP contribution in [0.1, 0.15) is 12.7 Å². The number of aryl methyl sites for hydroxylation is 1. The van der Waals surface area contributed by atoms with Crippen molar-refractivity contribution in [1.82, 2.24) is 14.8 Å². The molecule has 0 amide bonds. The molecular weight excluding hydrogens is 174 g/mol. The Kier molecular flexibility index (Phi) is 2.97. The van der Waals surface area contributed by atoms with E-state index >= 15 is 0 Å². The van der Waals surface area contributed by atoms with E-state index in [9.17, 15) is 4.79 Å². The van der Waals surface area contributed by atoms with Crippen molar-refractivity contribution in [1.29, 1.82) is 0 Å². The van der Waals surface area contributed by atoms with Crippen LogP contribution in [0.15, 0.2) is 6.33 Å². The summed E-state index contributed by atoms with van der Waals surface area (Å²) in [5, 5.41) is 15.9. The van der Waals surface area contributed by atoms with Gasteiger partial charge in [0.1, 0.15) is 12.9 Å². The molecule has 1 aromatic heterocycles. The first-order chi connectivity index (χ1) is 6.11. The number of aliphatic carboxylic acids is 1. The quantitative estimate of drug-likeness (QED) is 0.703. The van der Waals surface area contributed by atoms with Gasteiger partial charge in [-0.2, -0.15) is 0 Å². The first kappa shape index (κ1) is 9.66. The fourth-order valence-corrected chi connectivity index (χ4v) is 0.709.